The Bertz CT molecular complexity index is 476. The third kappa shape index (κ3) is 2.70. The van der Waals surface area contributed by atoms with Crippen molar-refractivity contribution >= 4 is 39.4 Å². The van der Waals surface area contributed by atoms with Crippen LogP contribution >= 0.6 is 27.3 Å². The second kappa shape index (κ2) is 4.63. The van der Waals surface area contributed by atoms with Crippen molar-refractivity contribution in [2.45, 2.75) is 6.92 Å². The molecule has 0 amide bonds. The minimum absolute atomic E-state index is 0.700. The predicted molar refractivity (Wildman–Crippen MR) is 65.5 cm³/mol. The Morgan fingerprint density at radius 1 is 1.20 bits per heavy atom. The molecule has 3 nitrogen and oxygen atoms in total. The van der Waals surface area contributed by atoms with Gasteiger partial charge < -0.3 is 0 Å². The molecule has 5 heteroatoms. The van der Waals surface area contributed by atoms with Crippen molar-refractivity contribution in [1.82, 2.24) is 15.0 Å². The zero-order chi connectivity index (χ0) is 10.7. The quantitative estimate of drug-likeness (QED) is 0.849. The summed E-state index contributed by atoms with van der Waals surface area (Å²) in [4.78, 5) is 13.6. The van der Waals surface area contributed by atoms with Gasteiger partial charge in [-0.3, -0.25) is 0 Å². The Labute approximate surface area is 100 Å². The maximum atomic E-state index is 4.16. The van der Waals surface area contributed by atoms with Crippen LogP contribution in [0.3, 0.4) is 0 Å². The predicted octanol–water partition coefficient (Wildman–Crippen LogP) is 3.17. The van der Waals surface area contributed by atoms with E-state index in [2.05, 4.69) is 30.9 Å². The highest BCUT2D eigenvalue weighted by atomic mass is 79.9. The van der Waals surface area contributed by atoms with E-state index < -0.39 is 0 Å². The Balaban J connectivity index is 2.19. The molecule has 0 spiro atoms. The van der Waals surface area contributed by atoms with E-state index in [1.54, 1.807) is 23.7 Å². The monoisotopic (exact) mass is 281 g/mol. The second-order valence-corrected chi connectivity index (χ2v) is 4.70. The fourth-order valence-electron chi connectivity index (χ4n) is 1.03. The van der Waals surface area contributed by atoms with Gasteiger partial charge in [0.1, 0.15) is 0 Å². The molecule has 0 aliphatic carbocycles. The summed E-state index contributed by atoms with van der Waals surface area (Å²) < 4.78 is 0.883. The Kier molecular flexibility index (Phi) is 3.23. The first-order valence-electron chi connectivity index (χ1n) is 4.31. The lowest BCUT2D eigenvalue weighted by atomic mass is 10.3. The minimum Gasteiger partial charge on any atom is -0.249 e. The van der Waals surface area contributed by atoms with Crippen molar-refractivity contribution in [1.29, 1.82) is 0 Å². The third-order valence-corrected chi connectivity index (χ3v) is 3.11. The highest BCUT2D eigenvalue weighted by molar-refractivity contribution is 9.10. The van der Waals surface area contributed by atoms with Crippen molar-refractivity contribution in [2.75, 3.05) is 0 Å². The SMILES string of the molecule is Cc1ncsc1/C=C/c1ncc(Br)cn1. The van der Waals surface area contributed by atoms with Gasteiger partial charge >= 0.3 is 0 Å². The number of halogens is 1. The minimum atomic E-state index is 0.700. The molecule has 0 radical (unpaired) electrons. The van der Waals surface area contributed by atoms with Crippen LogP contribution < -0.4 is 0 Å². The maximum Gasteiger partial charge on any atom is 0.151 e. The molecule has 76 valence electrons. The van der Waals surface area contributed by atoms with Gasteiger partial charge in [0.2, 0.25) is 0 Å². The second-order valence-electron chi connectivity index (χ2n) is 2.89. The summed E-state index contributed by atoms with van der Waals surface area (Å²) in [7, 11) is 0. The smallest absolute Gasteiger partial charge is 0.151 e. The van der Waals surface area contributed by atoms with Gasteiger partial charge in [0.25, 0.3) is 0 Å². The molecule has 0 atom stereocenters. The average molecular weight is 282 g/mol. The molecule has 0 aliphatic heterocycles. The summed E-state index contributed by atoms with van der Waals surface area (Å²) in [6.07, 6.45) is 7.32. The fraction of sp³-hybridized carbons (Fsp3) is 0.100. The van der Waals surface area contributed by atoms with Gasteiger partial charge in [0.15, 0.2) is 5.82 Å². The summed E-state index contributed by atoms with van der Waals surface area (Å²) in [5.74, 6) is 0.700. The van der Waals surface area contributed by atoms with E-state index in [4.69, 9.17) is 0 Å². The van der Waals surface area contributed by atoms with Crippen LogP contribution in [0.4, 0.5) is 0 Å². The lowest BCUT2D eigenvalue weighted by molar-refractivity contribution is 1.12. The molecule has 2 aromatic rings. The lowest BCUT2D eigenvalue weighted by Gasteiger charge is -1.91. The number of rotatable bonds is 2. The topological polar surface area (TPSA) is 38.7 Å². The zero-order valence-corrected chi connectivity index (χ0v) is 10.4. The molecule has 0 fully saturated rings. The van der Waals surface area contributed by atoms with Gasteiger partial charge in [-0.05, 0) is 35.0 Å². The molecule has 0 saturated carbocycles. The van der Waals surface area contributed by atoms with Crippen LogP contribution in [0.1, 0.15) is 16.4 Å². The highest BCUT2D eigenvalue weighted by Crippen LogP contribution is 2.15. The van der Waals surface area contributed by atoms with Crippen molar-refractivity contribution in [2.24, 2.45) is 0 Å². The number of nitrogens with zero attached hydrogens (tertiary/aromatic N) is 3. The molecule has 2 heterocycles. The number of hydrogen-bond donors (Lipinski definition) is 0. The van der Waals surface area contributed by atoms with Gasteiger partial charge in [-0.25, -0.2) is 15.0 Å². The maximum absolute atomic E-state index is 4.16. The van der Waals surface area contributed by atoms with Crippen LogP contribution in [-0.4, -0.2) is 15.0 Å². The molecule has 0 bridgehead atoms. The number of aromatic nitrogens is 3. The third-order valence-electron chi connectivity index (χ3n) is 1.81. The summed E-state index contributed by atoms with van der Waals surface area (Å²) in [5, 5.41) is 0. The van der Waals surface area contributed by atoms with Crippen molar-refractivity contribution in [3.8, 4) is 0 Å². The fourth-order valence-corrected chi connectivity index (χ4v) is 1.93. The molecular weight excluding hydrogens is 274 g/mol. The van der Waals surface area contributed by atoms with Gasteiger partial charge in [-0.15, -0.1) is 11.3 Å². The van der Waals surface area contributed by atoms with E-state index >= 15 is 0 Å². The molecule has 0 saturated heterocycles. The number of aryl methyl sites for hydroxylation is 1. The number of hydrogen-bond acceptors (Lipinski definition) is 4. The van der Waals surface area contributed by atoms with Crippen LogP contribution in [-0.2, 0) is 0 Å². The molecule has 0 aliphatic rings. The highest BCUT2D eigenvalue weighted by Gasteiger charge is 1.96. The summed E-state index contributed by atoms with van der Waals surface area (Å²) >= 11 is 4.90. The first kappa shape index (κ1) is 10.4. The molecule has 2 rings (SSSR count). The summed E-state index contributed by atoms with van der Waals surface area (Å²) in [6.45, 7) is 1.98. The zero-order valence-electron chi connectivity index (χ0n) is 8.01. The first-order valence-corrected chi connectivity index (χ1v) is 5.98. The molecule has 0 N–H and O–H groups in total. The molecule has 15 heavy (non-hydrogen) atoms. The largest absolute Gasteiger partial charge is 0.249 e. The van der Waals surface area contributed by atoms with E-state index in [0.717, 1.165) is 15.0 Å². The van der Waals surface area contributed by atoms with Crippen LogP contribution in [0, 0.1) is 6.92 Å². The summed E-state index contributed by atoms with van der Waals surface area (Å²) in [6, 6.07) is 0. The lowest BCUT2D eigenvalue weighted by Crippen LogP contribution is -1.84. The Hall–Kier alpha value is -1.07. The van der Waals surface area contributed by atoms with E-state index in [1.807, 2.05) is 24.6 Å². The van der Waals surface area contributed by atoms with Gasteiger partial charge in [-0.2, -0.15) is 0 Å². The summed E-state index contributed by atoms with van der Waals surface area (Å²) in [5.41, 5.74) is 2.87. The molecule has 0 unspecified atom stereocenters. The van der Waals surface area contributed by atoms with Crippen molar-refractivity contribution in [3.63, 3.8) is 0 Å². The standard InChI is InChI=1S/C10H8BrN3S/c1-7-9(15-6-14-7)2-3-10-12-4-8(11)5-13-10/h2-6H,1H3/b3-2+. The van der Waals surface area contributed by atoms with Crippen LogP contribution in [0.5, 0.6) is 0 Å². The average Bonchev–Trinajstić information content (AvgIpc) is 2.63. The Morgan fingerprint density at radius 2 is 1.93 bits per heavy atom. The molecule has 0 aromatic carbocycles. The van der Waals surface area contributed by atoms with E-state index in [1.165, 1.54) is 0 Å². The van der Waals surface area contributed by atoms with Gasteiger partial charge in [0, 0.05) is 17.3 Å². The first-order chi connectivity index (χ1) is 7.25. The van der Waals surface area contributed by atoms with E-state index in [-0.39, 0.29) is 0 Å². The van der Waals surface area contributed by atoms with Crippen molar-refractivity contribution < 1.29 is 0 Å². The Morgan fingerprint density at radius 3 is 2.53 bits per heavy atom. The van der Waals surface area contributed by atoms with Crippen LogP contribution in [0.25, 0.3) is 12.2 Å². The van der Waals surface area contributed by atoms with Gasteiger partial charge in [0.05, 0.1) is 15.7 Å². The van der Waals surface area contributed by atoms with Crippen LogP contribution in [0.2, 0.25) is 0 Å². The van der Waals surface area contributed by atoms with Crippen molar-refractivity contribution in [3.05, 3.63) is 38.8 Å². The van der Waals surface area contributed by atoms with Crippen LogP contribution in [0.15, 0.2) is 22.4 Å². The molecular formula is C10H8BrN3S. The van der Waals surface area contributed by atoms with E-state index in [9.17, 15) is 0 Å². The van der Waals surface area contributed by atoms with E-state index in [0.29, 0.717) is 5.82 Å². The number of thiazole rings is 1. The molecule has 2 aromatic heterocycles. The van der Waals surface area contributed by atoms with Gasteiger partial charge in [-0.1, -0.05) is 0 Å². The normalized spacial score (nSPS) is 11.1.